The van der Waals surface area contributed by atoms with Gasteiger partial charge in [-0.05, 0) is 36.6 Å². The van der Waals surface area contributed by atoms with Crippen molar-refractivity contribution in [3.05, 3.63) is 65.5 Å². The molecule has 1 N–H and O–H groups in total. The number of aliphatic carboxylic acids is 1. The number of rotatable bonds is 6. The van der Waals surface area contributed by atoms with Crippen LogP contribution in [-0.4, -0.2) is 17.7 Å². The summed E-state index contributed by atoms with van der Waals surface area (Å²) in [4.78, 5) is 11.4. The molecule has 0 saturated heterocycles. The minimum Gasteiger partial charge on any atom is -0.493 e. The highest BCUT2D eigenvalue weighted by molar-refractivity contribution is 5.76. The Morgan fingerprint density at radius 1 is 1.24 bits per heavy atom. The van der Waals surface area contributed by atoms with Crippen LogP contribution in [0.2, 0.25) is 0 Å². The van der Waals surface area contributed by atoms with E-state index in [1.807, 2.05) is 31.2 Å². The lowest BCUT2D eigenvalue weighted by atomic mass is 9.92. The molecule has 1 unspecified atom stereocenters. The maximum absolute atomic E-state index is 13.0. The molecular weight excluding hydrogens is 271 g/mol. The number of carboxylic acids is 1. The zero-order chi connectivity index (χ0) is 15.2. The van der Waals surface area contributed by atoms with Crippen molar-refractivity contribution in [1.82, 2.24) is 0 Å². The lowest BCUT2D eigenvalue weighted by molar-refractivity contribution is -0.139. The molecule has 4 heteroatoms. The Kier molecular flexibility index (Phi) is 4.93. The molecule has 2 aromatic rings. The van der Waals surface area contributed by atoms with Crippen LogP contribution in [0.3, 0.4) is 0 Å². The average molecular weight is 288 g/mol. The topological polar surface area (TPSA) is 46.5 Å². The molecule has 0 bridgehead atoms. The van der Waals surface area contributed by atoms with E-state index >= 15 is 0 Å². The van der Waals surface area contributed by atoms with Crippen molar-refractivity contribution in [3.8, 4) is 5.75 Å². The third kappa shape index (κ3) is 4.05. The molecule has 21 heavy (non-hydrogen) atoms. The number of aryl methyl sites for hydroxylation is 1. The van der Waals surface area contributed by atoms with Crippen LogP contribution in [0.15, 0.2) is 48.5 Å². The van der Waals surface area contributed by atoms with Gasteiger partial charge in [0.15, 0.2) is 0 Å². The van der Waals surface area contributed by atoms with Crippen molar-refractivity contribution in [1.29, 1.82) is 0 Å². The van der Waals surface area contributed by atoms with Crippen LogP contribution in [0.5, 0.6) is 5.75 Å². The Labute approximate surface area is 123 Å². The molecule has 0 aliphatic carbocycles. The molecule has 1 atom stereocenters. The molecule has 0 fully saturated rings. The first-order chi connectivity index (χ1) is 10.1. The highest BCUT2D eigenvalue weighted by Crippen LogP contribution is 2.24. The largest absolute Gasteiger partial charge is 0.493 e. The van der Waals surface area contributed by atoms with Gasteiger partial charge in [-0.3, -0.25) is 4.79 Å². The van der Waals surface area contributed by atoms with Gasteiger partial charge in [0.2, 0.25) is 0 Å². The van der Waals surface area contributed by atoms with E-state index in [1.54, 1.807) is 12.1 Å². The molecule has 2 rings (SSSR count). The van der Waals surface area contributed by atoms with Crippen LogP contribution in [0.1, 0.15) is 23.5 Å². The molecule has 0 heterocycles. The Hall–Kier alpha value is -2.36. The van der Waals surface area contributed by atoms with Crippen LogP contribution in [0.25, 0.3) is 0 Å². The van der Waals surface area contributed by atoms with Gasteiger partial charge in [-0.1, -0.05) is 30.3 Å². The Morgan fingerprint density at radius 2 is 2.00 bits per heavy atom. The zero-order valence-electron chi connectivity index (χ0n) is 11.8. The molecule has 0 radical (unpaired) electrons. The smallest absolute Gasteiger partial charge is 0.311 e. The number of benzene rings is 2. The van der Waals surface area contributed by atoms with Gasteiger partial charge in [-0.2, -0.15) is 0 Å². The van der Waals surface area contributed by atoms with Gasteiger partial charge in [0, 0.05) is 6.07 Å². The Morgan fingerprint density at radius 3 is 2.67 bits per heavy atom. The summed E-state index contributed by atoms with van der Waals surface area (Å²) >= 11 is 0. The lowest BCUT2D eigenvalue weighted by Gasteiger charge is -2.15. The first-order valence-corrected chi connectivity index (χ1v) is 6.74. The van der Waals surface area contributed by atoms with E-state index in [-0.39, 0.29) is 12.4 Å². The van der Waals surface area contributed by atoms with Gasteiger partial charge in [-0.15, -0.1) is 0 Å². The first-order valence-electron chi connectivity index (χ1n) is 6.74. The van der Waals surface area contributed by atoms with Crippen molar-refractivity contribution in [2.24, 2.45) is 0 Å². The normalized spacial score (nSPS) is 11.9. The summed E-state index contributed by atoms with van der Waals surface area (Å²) in [6, 6.07) is 13.2. The third-order valence-corrected chi connectivity index (χ3v) is 3.33. The lowest BCUT2D eigenvalue weighted by Crippen LogP contribution is -2.16. The van der Waals surface area contributed by atoms with Crippen molar-refractivity contribution in [2.75, 3.05) is 6.61 Å². The summed E-state index contributed by atoms with van der Waals surface area (Å²) in [5.74, 6) is -1.47. The highest BCUT2D eigenvalue weighted by Gasteiger charge is 2.21. The van der Waals surface area contributed by atoms with E-state index in [2.05, 4.69) is 0 Å². The monoisotopic (exact) mass is 288 g/mol. The number of carbonyl (C=O) groups is 1. The van der Waals surface area contributed by atoms with Gasteiger partial charge in [0.05, 0.1) is 12.5 Å². The number of carboxylic acid groups (broad SMARTS) is 1. The second-order valence-electron chi connectivity index (χ2n) is 4.84. The predicted octanol–water partition coefficient (Wildman–Crippen LogP) is 3.77. The van der Waals surface area contributed by atoms with Gasteiger partial charge in [0.1, 0.15) is 11.6 Å². The minimum absolute atomic E-state index is 0.217. The van der Waals surface area contributed by atoms with E-state index < -0.39 is 11.9 Å². The molecule has 0 saturated carbocycles. The summed E-state index contributed by atoms with van der Waals surface area (Å²) in [6.07, 6.45) is 0.330. The second kappa shape index (κ2) is 6.88. The van der Waals surface area contributed by atoms with E-state index in [1.165, 1.54) is 12.1 Å². The first kappa shape index (κ1) is 15.0. The molecule has 2 aromatic carbocycles. The van der Waals surface area contributed by atoms with Gasteiger partial charge < -0.3 is 9.84 Å². The summed E-state index contributed by atoms with van der Waals surface area (Å²) in [5, 5.41) is 9.38. The number of halogens is 1. The molecule has 0 spiro atoms. The van der Waals surface area contributed by atoms with E-state index in [4.69, 9.17) is 4.74 Å². The SMILES string of the molecule is Cc1ccccc1C(CCOc1cccc(F)c1)C(=O)O. The fourth-order valence-corrected chi connectivity index (χ4v) is 2.24. The second-order valence-corrected chi connectivity index (χ2v) is 4.84. The van der Waals surface area contributed by atoms with Crippen molar-refractivity contribution in [2.45, 2.75) is 19.3 Å². The number of hydrogen-bond acceptors (Lipinski definition) is 2. The highest BCUT2D eigenvalue weighted by atomic mass is 19.1. The van der Waals surface area contributed by atoms with Crippen LogP contribution >= 0.6 is 0 Å². The fraction of sp³-hybridized carbons (Fsp3) is 0.235. The van der Waals surface area contributed by atoms with E-state index in [0.717, 1.165) is 11.1 Å². The van der Waals surface area contributed by atoms with Gasteiger partial charge >= 0.3 is 5.97 Å². The molecule has 3 nitrogen and oxygen atoms in total. The average Bonchev–Trinajstić information content (AvgIpc) is 2.44. The van der Waals surface area contributed by atoms with Gasteiger partial charge in [0.25, 0.3) is 0 Å². The third-order valence-electron chi connectivity index (χ3n) is 3.33. The molecule has 0 aromatic heterocycles. The van der Waals surface area contributed by atoms with Crippen molar-refractivity contribution < 1.29 is 19.0 Å². The number of ether oxygens (including phenoxy) is 1. The van der Waals surface area contributed by atoms with E-state index in [0.29, 0.717) is 12.2 Å². The molecule has 0 amide bonds. The molecule has 110 valence electrons. The molecular formula is C17H17FO3. The molecule has 0 aliphatic rings. The van der Waals surface area contributed by atoms with Crippen LogP contribution < -0.4 is 4.74 Å². The standard InChI is InChI=1S/C17H17FO3/c1-12-5-2-3-8-15(12)16(17(19)20)9-10-21-14-7-4-6-13(18)11-14/h2-8,11,16H,9-10H2,1H3,(H,19,20). The Bertz CT molecular complexity index is 625. The van der Waals surface area contributed by atoms with Crippen LogP contribution in [0.4, 0.5) is 4.39 Å². The van der Waals surface area contributed by atoms with Crippen LogP contribution in [0, 0.1) is 12.7 Å². The maximum atomic E-state index is 13.0. The fourth-order valence-electron chi connectivity index (χ4n) is 2.24. The Balaban J connectivity index is 2.02. The maximum Gasteiger partial charge on any atom is 0.311 e. The van der Waals surface area contributed by atoms with Gasteiger partial charge in [-0.25, -0.2) is 4.39 Å². The zero-order valence-corrected chi connectivity index (χ0v) is 11.8. The minimum atomic E-state index is -0.882. The predicted molar refractivity (Wildman–Crippen MR) is 78.1 cm³/mol. The summed E-state index contributed by atoms with van der Waals surface area (Å²) in [6.45, 7) is 2.10. The molecule has 0 aliphatic heterocycles. The summed E-state index contributed by atoms with van der Waals surface area (Å²) < 4.78 is 18.5. The number of hydrogen-bond donors (Lipinski definition) is 1. The van der Waals surface area contributed by atoms with Crippen LogP contribution in [-0.2, 0) is 4.79 Å². The quantitative estimate of drug-likeness (QED) is 0.880. The summed E-state index contributed by atoms with van der Waals surface area (Å²) in [7, 11) is 0. The van der Waals surface area contributed by atoms with Crippen molar-refractivity contribution in [3.63, 3.8) is 0 Å². The van der Waals surface area contributed by atoms with Crippen molar-refractivity contribution >= 4 is 5.97 Å². The summed E-state index contributed by atoms with van der Waals surface area (Å²) in [5.41, 5.74) is 1.73. The van der Waals surface area contributed by atoms with E-state index in [9.17, 15) is 14.3 Å².